The zero-order valence-electron chi connectivity index (χ0n) is 10.6. The number of rotatable bonds is 5. The third-order valence-electron chi connectivity index (χ3n) is 3.05. The fourth-order valence-corrected chi connectivity index (χ4v) is 2.12. The van der Waals surface area contributed by atoms with Gasteiger partial charge in [-0.25, -0.2) is 4.98 Å². The number of hydrogen-bond donors (Lipinski definition) is 1. The molecule has 2 rings (SSSR count). The molecular weight excluding hydrogens is 252 g/mol. The highest BCUT2D eigenvalue weighted by Gasteiger charge is 2.15. The maximum atomic E-state index is 6.05. The smallest absolute Gasteiger partial charge is 0.213 e. The van der Waals surface area contributed by atoms with Crippen molar-refractivity contribution in [2.24, 2.45) is 5.92 Å². The van der Waals surface area contributed by atoms with Crippen LogP contribution in [0.25, 0.3) is 0 Å². The minimum Gasteiger partial charge on any atom is -0.477 e. The van der Waals surface area contributed by atoms with Crippen LogP contribution in [0.1, 0.15) is 18.5 Å². The first-order valence-corrected chi connectivity index (χ1v) is 6.68. The van der Waals surface area contributed by atoms with Crippen LogP contribution in [0.4, 0.5) is 0 Å². The highest BCUT2D eigenvalue weighted by atomic mass is 35.5. The molecule has 1 aliphatic heterocycles. The van der Waals surface area contributed by atoms with Gasteiger partial charge in [0.05, 0.1) is 17.3 Å². The Morgan fingerprint density at radius 2 is 2.22 bits per heavy atom. The molecule has 0 amide bonds. The molecule has 0 aliphatic carbocycles. The topological polar surface area (TPSA) is 43.4 Å². The summed E-state index contributed by atoms with van der Waals surface area (Å²) >= 11 is 6.05. The van der Waals surface area contributed by atoms with Gasteiger partial charge in [-0.05, 0) is 31.9 Å². The first kappa shape index (κ1) is 13.6. The molecule has 0 unspecified atom stereocenters. The van der Waals surface area contributed by atoms with Crippen molar-refractivity contribution in [3.8, 4) is 5.88 Å². The van der Waals surface area contributed by atoms with Gasteiger partial charge in [0.15, 0.2) is 0 Å². The fraction of sp³-hybridized carbons (Fsp3) is 0.615. The number of nitrogens with one attached hydrogen (secondary N) is 1. The first-order valence-electron chi connectivity index (χ1n) is 6.30. The standard InChI is InChI=1S/C13H19ClN2O2/c1-15-8-12-11(14)2-3-13(16-12)18-9-10-4-6-17-7-5-10/h2-3,10,15H,4-9H2,1H3. The minimum absolute atomic E-state index is 0.573. The quantitative estimate of drug-likeness (QED) is 0.891. The Morgan fingerprint density at radius 1 is 1.44 bits per heavy atom. The van der Waals surface area contributed by atoms with E-state index in [1.165, 1.54) is 0 Å². The van der Waals surface area contributed by atoms with Crippen molar-refractivity contribution in [2.45, 2.75) is 19.4 Å². The molecule has 18 heavy (non-hydrogen) atoms. The van der Waals surface area contributed by atoms with Crippen LogP contribution in [0.2, 0.25) is 5.02 Å². The first-order chi connectivity index (χ1) is 8.79. The molecule has 0 saturated carbocycles. The van der Waals surface area contributed by atoms with Gasteiger partial charge in [0.1, 0.15) is 0 Å². The summed E-state index contributed by atoms with van der Waals surface area (Å²) < 4.78 is 11.1. The summed E-state index contributed by atoms with van der Waals surface area (Å²) in [4.78, 5) is 4.40. The lowest BCUT2D eigenvalue weighted by atomic mass is 10.0. The fourth-order valence-electron chi connectivity index (χ4n) is 1.95. The molecule has 0 spiro atoms. The number of pyridine rings is 1. The van der Waals surface area contributed by atoms with Crippen molar-refractivity contribution in [1.29, 1.82) is 0 Å². The molecule has 0 atom stereocenters. The monoisotopic (exact) mass is 270 g/mol. The van der Waals surface area contributed by atoms with Gasteiger partial charge in [0.2, 0.25) is 5.88 Å². The molecule has 100 valence electrons. The lowest BCUT2D eigenvalue weighted by Crippen LogP contribution is -2.21. The number of hydrogen-bond acceptors (Lipinski definition) is 4. The molecule has 0 radical (unpaired) electrons. The number of ether oxygens (including phenoxy) is 2. The van der Waals surface area contributed by atoms with E-state index in [0.717, 1.165) is 31.7 Å². The average molecular weight is 271 g/mol. The summed E-state index contributed by atoms with van der Waals surface area (Å²) in [6, 6.07) is 3.65. The molecule has 1 saturated heterocycles. The maximum absolute atomic E-state index is 6.05. The third kappa shape index (κ3) is 3.83. The molecule has 0 bridgehead atoms. The Labute approximate surface area is 113 Å². The molecule has 1 aliphatic rings. The second-order valence-corrected chi connectivity index (χ2v) is 4.88. The van der Waals surface area contributed by atoms with Crippen molar-refractivity contribution in [2.75, 3.05) is 26.9 Å². The Kier molecular flexibility index (Phi) is 5.23. The van der Waals surface area contributed by atoms with Crippen LogP contribution in [0.5, 0.6) is 5.88 Å². The van der Waals surface area contributed by atoms with E-state index in [9.17, 15) is 0 Å². The van der Waals surface area contributed by atoms with Crippen molar-refractivity contribution in [3.63, 3.8) is 0 Å². The van der Waals surface area contributed by atoms with Gasteiger partial charge in [0, 0.05) is 25.8 Å². The zero-order valence-corrected chi connectivity index (χ0v) is 11.4. The van der Waals surface area contributed by atoms with E-state index < -0.39 is 0 Å². The number of aromatic nitrogens is 1. The summed E-state index contributed by atoms with van der Waals surface area (Å²) in [6.45, 7) is 3.03. The predicted octanol–water partition coefficient (Wildman–Crippen LogP) is 2.26. The summed E-state index contributed by atoms with van der Waals surface area (Å²) in [5.74, 6) is 1.22. The van der Waals surface area contributed by atoms with Crippen LogP contribution in [0.15, 0.2) is 12.1 Å². The second kappa shape index (κ2) is 6.92. The van der Waals surface area contributed by atoms with Crippen LogP contribution in [0, 0.1) is 5.92 Å². The van der Waals surface area contributed by atoms with Crippen molar-refractivity contribution in [3.05, 3.63) is 22.8 Å². The summed E-state index contributed by atoms with van der Waals surface area (Å²) in [5, 5.41) is 3.71. The van der Waals surface area contributed by atoms with Gasteiger partial charge >= 0.3 is 0 Å². The largest absolute Gasteiger partial charge is 0.477 e. The van der Waals surface area contributed by atoms with Gasteiger partial charge in [-0.2, -0.15) is 0 Å². The molecule has 4 nitrogen and oxygen atoms in total. The number of nitrogens with zero attached hydrogens (tertiary/aromatic N) is 1. The van der Waals surface area contributed by atoms with Gasteiger partial charge < -0.3 is 14.8 Å². The van der Waals surface area contributed by atoms with Gasteiger partial charge in [0.25, 0.3) is 0 Å². The zero-order chi connectivity index (χ0) is 12.8. The summed E-state index contributed by atoms with van der Waals surface area (Å²) in [7, 11) is 1.87. The van der Waals surface area contributed by atoms with E-state index >= 15 is 0 Å². The molecule has 1 fully saturated rings. The SMILES string of the molecule is CNCc1nc(OCC2CCOCC2)ccc1Cl. The summed E-state index contributed by atoms with van der Waals surface area (Å²) in [5.41, 5.74) is 0.823. The lowest BCUT2D eigenvalue weighted by Gasteiger charge is -2.21. The van der Waals surface area contributed by atoms with Crippen molar-refractivity contribution < 1.29 is 9.47 Å². The molecule has 2 heterocycles. The summed E-state index contributed by atoms with van der Waals surface area (Å²) in [6.07, 6.45) is 2.13. The van der Waals surface area contributed by atoms with E-state index in [4.69, 9.17) is 21.1 Å². The second-order valence-electron chi connectivity index (χ2n) is 4.48. The Bertz CT molecular complexity index is 381. The van der Waals surface area contributed by atoms with Crippen molar-refractivity contribution in [1.82, 2.24) is 10.3 Å². The highest BCUT2D eigenvalue weighted by Crippen LogP contribution is 2.20. The number of halogens is 1. The van der Waals surface area contributed by atoms with Crippen LogP contribution in [-0.2, 0) is 11.3 Å². The van der Waals surface area contributed by atoms with E-state index in [2.05, 4.69) is 10.3 Å². The van der Waals surface area contributed by atoms with Gasteiger partial charge in [-0.3, -0.25) is 0 Å². The predicted molar refractivity (Wildman–Crippen MR) is 71.0 cm³/mol. The van der Waals surface area contributed by atoms with E-state index in [1.54, 1.807) is 0 Å². The van der Waals surface area contributed by atoms with Crippen molar-refractivity contribution >= 4 is 11.6 Å². The molecule has 1 aromatic rings. The maximum Gasteiger partial charge on any atom is 0.213 e. The molecule has 5 heteroatoms. The van der Waals surface area contributed by atoms with E-state index in [-0.39, 0.29) is 0 Å². The van der Waals surface area contributed by atoms with Crippen LogP contribution < -0.4 is 10.1 Å². The Balaban J connectivity index is 1.90. The van der Waals surface area contributed by atoms with E-state index in [1.807, 2.05) is 19.2 Å². The average Bonchev–Trinajstić information content (AvgIpc) is 2.41. The van der Waals surface area contributed by atoms with Crippen LogP contribution in [-0.4, -0.2) is 31.9 Å². The Morgan fingerprint density at radius 3 is 2.94 bits per heavy atom. The molecule has 0 aromatic carbocycles. The van der Waals surface area contributed by atoms with Gasteiger partial charge in [-0.15, -0.1) is 0 Å². The third-order valence-corrected chi connectivity index (χ3v) is 3.39. The Hall–Kier alpha value is -0.840. The normalized spacial score (nSPS) is 16.8. The molecule has 1 aromatic heterocycles. The highest BCUT2D eigenvalue weighted by molar-refractivity contribution is 6.31. The van der Waals surface area contributed by atoms with Crippen LogP contribution in [0.3, 0.4) is 0 Å². The van der Waals surface area contributed by atoms with E-state index in [0.29, 0.717) is 30.0 Å². The molecule has 1 N–H and O–H groups in total. The minimum atomic E-state index is 0.573. The van der Waals surface area contributed by atoms with Crippen LogP contribution >= 0.6 is 11.6 Å². The van der Waals surface area contributed by atoms with Gasteiger partial charge in [-0.1, -0.05) is 11.6 Å². The molecular formula is C13H19ClN2O2. The lowest BCUT2D eigenvalue weighted by molar-refractivity contribution is 0.0490.